The molecule has 0 amide bonds. The zero-order valence-electron chi connectivity index (χ0n) is 10.0. The van der Waals surface area contributed by atoms with E-state index in [-0.39, 0.29) is 12.4 Å². The van der Waals surface area contributed by atoms with E-state index in [1.165, 1.54) is 5.56 Å². The molecule has 0 spiro atoms. The Morgan fingerprint density at radius 1 is 1.29 bits per heavy atom. The van der Waals surface area contributed by atoms with E-state index in [2.05, 4.69) is 18.2 Å². The van der Waals surface area contributed by atoms with E-state index in [0.717, 1.165) is 6.42 Å². The molecule has 1 heterocycles. The first-order valence-corrected chi connectivity index (χ1v) is 5.85. The van der Waals surface area contributed by atoms with Crippen molar-refractivity contribution >= 4 is 0 Å². The minimum atomic E-state index is -0.228. The lowest BCUT2D eigenvalue weighted by molar-refractivity contribution is -0.149. The van der Waals surface area contributed by atoms with Crippen LogP contribution < -0.4 is 0 Å². The van der Waals surface area contributed by atoms with Crippen LogP contribution in [-0.4, -0.2) is 26.1 Å². The van der Waals surface area contributed by atoms with Gasteiger partial charge in [0.15, 0.2) is 6.29 Å². The standard InChI is InChI=1S/C14H18O3/c1-15-14-9-5-8-13(17-14)11-16-10-12-6-3-2-4-7-12/h2-7,9,13-14H,8,10-11H2,1H3/t13-,14?/m0/s1. The molecular formula is C14H18O3. The Morgan fingerprint density at radius 2 is 2.12 bits per heavy atom. The first kappa shape index (κ1) is 12.3. The van der Waals surface area contributed by atoms with E-state index >= 15 is 0 Å². The molecule has 0 aromatic heterocycles. The summed E-state index contributed by atoms with van der Waals surface area (Å²) in [6.07, 6.45) is 4.75. The lowest BCUT2D eigenvalue weighted by Crippen LogP contribution is -2.29. The second-order valence-corrected chi connectivity index (χ2v) is 4.03. The second-order valence-electron chi connectivity index (χ2n) is 4.03. The number of ether oxygens (including phenoxy) is 3. The summed E-state index contributed by atoms with van der Waals surface area (Å²) in [5.41, 5.74) is 1.18. The third-order valence-electron chi connectivity index (χ3n) is 2.67. The van der Waals surface area contributed by atoms with Gasteiger partial charge in [-0.05, 0) is 18.1 Å². The maximum atomic E-state index is 5.64. The van der Waals surface area contributed by atoms with E-state index in [1.54, 1.807) is 7.11 Å². The van der Waals surface area contributed by atoms with Gasteiger partial charge in [-0.1, -0.05) is 36.4 Å². The van der Waals surface area contributed by atoms with Crippen molar-refractivity contribution in [3.8, 4) is 0 Å². The summed E-state index contributed by atoms with van der Waals surface area (Å²) in [7, 11) is 1.64. The van der Waals surface area contributed by atoms with Crippen LogP contribution >= 0.6 is 0 Å². The monoisotopic (exact) mass is 234 g/mol. The highest BCUT2D eigenvalue weighted by Crippen LogP contribution is 2.13. The maximum absolute atomic E-state index is 5.64. The van der Waals surface area contributed by atoms with Gasteiger partial charge >= 0.3 is 0 Å². The smallest absolute Gasteiger partial charge is 0.176 e. The van der Waals surface area contributed by atoms with Crippen LogP contribution in [0.2, 0.25) is 0 Å². The van der Waals surface area contributed by atoms with Crippen LogP contribution in [0.15, 0.2) is 42.5 Å². The molecule has 92 valence electrons. The Bertz CT molecular complexity index is 348. The summed E-state index contributed by atoms with van der Waals surface area (Å²) in [5.74, 6) is 0. The molecule has 0 N–H and O–H groups in total. The minimum Gasteiger partial charge on any atom is -0.374 e. The lowest BCUT2D eigenvalue weighted by atomic mass is 10.2. The van der Waals surface area contributed by atoms with Gasteiger partial charge in [-0.3, -0.25) is 0 Å². The number of benzene rings is 1. The van der Waals surface area contributed by atoms with Gasteiger partial charge in [-0.25, -0.2) is 0 Å². The predicted octanol–water partition coefficient (Wildman–Crippen LogP) is 2.52. The average molecular weight is 234 g/mol. The fourth-order valence-corrected chi connectivity index (χ4v) is 1.76. The van der Waals surface area contributed by atoms with Crippen LogP contribution in [0.1, 0.15) is 12.0 Å². The minimum absolute atomic E-state index is 0.0914. The Morgan fingerprint density at radius 3 is 2.88 bits per heavy atom. The van der Waals surface area contributed by atoms with Crippen LogP contribution in [0.3, 0.4) is 0 Å². The molecule has 0 saturated heterocycles. The normalized spacial score (nSPS) is 23.8. The first-order valence-electron chi connectivity index (χ1n) is 5.85. The molecule has 0 bridgehead atoms. The number of hydrogen-bond acceptors (Lipinski definition) is 3. The molecule has 1 aromatic rings. The Hall–Kier alpha value is -1.16. The van der Waals surface area contributed by atoms with E-state index < -0.39 is 0 Å². The van der Waals surface area contributed by atoms with Gasteiger partial charge in [0.05, 0.1) is 19.3 Å². The van der Waals surface area contributed by atoms with Crippen LogP contribution in [0.4, 0.5) is 0 Å². The van der Waals surface area contributed by atoms with Crippen LogP contribution in [0.5, 0.6) is 0 Å². The van der Waals surface area contributed by atoms with E-state index in [4.69, 9.17) is 14.2 Å². The van der Waals surface area contributed by atoms with E-state index in [0.29, 0.717) is 13.2 Å². The highest BCUT2D eigenvalue weighted by molar-refractivity contribution is 5.13. The van der Waals surface area contributed by atoms with Gasteiger partial charge in [-0.15, -0.1) is 0 Å². The van der Waals surface area contributed by atoms with Crippen molar-refractivity contribution in [3.63, 3.8) is 0 Å². The molecule has 17 heavy (non-hydrogen) atoms. The molecule has 0 fully saturated rings. The second kappa shape index (κ2) is 6.55. The molecule has 1 unspecified atom stereocenters. The van der Waals surface area contributed by atoms with Crippen molar-refractivity contribution in [2.75, 3.05) is 13.7 Å². The summed E-state index contributed by atoms with van der Waals surface area (Å²) in [6, 6.07) is 10.1. The lowest BCUT2D eigenvalue weighted by Gasteiger charge is -2.24. The topological polar surface area (TPSA) is 27.7 Å². The first-order chi connectivity index (χ1) is 8.38. The Kier molecular flexibility index (Phi) is 4.74. The highest BCUT2D eigenvalue weighted by Gasteiger charge is 2.17. The van der Waals surface area contributed by atoms with E-state index in [9.17, 15) is 0 Å². The van der Waals surface area contributed by atoms with Crippen molar-refractivity contribution in [2.45, 2.75) is 25.4 Å². The summed E-state index contributed by atoms with van der Waals surface area (Å²) < 4.78 is 16.4. The molecule has 2 atom stereocenters. The molecule has 0 radical (unpaired) electrons. The van der Waals surface area contributed by atoms with Crippen molar-refractivity contribution < 1.29 is 14.2 Å². The number of hydrogen-bond donors (Lipinski definition) is 0. The third kappa shape index (κ3) is 3.97. The molecule has 1 aliphatic rings. The largest absolute Gasteiger partial charge is 0.374 e. The van der Waals surface area contributed by atoms with Gasteiger partial charge in [0.25, 0.3) is 0 Å². The van der Waals surface area contributed by atoms with Crippen molar-refractivity contribution in [2.24, 2.45) is 0 Å². The number of rotatable bonds is 5. The van der Waals surface area contributed by atoms with Gasteiger partial charge in [0.2, 0.25) is 0 Å². The average Bonchev–Trinajstić information content (AvgIpc) is 2.40. The van der Waals surface area contributed by atoms with Crippen molar-refractivity contribution in [1.82, 2.24) is 0 Å². The molecular weight excluding hydrogens is 216 g/mol. The molecule has 1 aromatic carbocycles. The van der Waals surface area contributed by atoms with Gasteiger partial charge in [0.1, 0.15) is 0 Å². The predicted molar refractivity (Wildman–Crippen MR) is 65.5 cm³/mol. The van der Waals surface area contributed by atoms with Gasteiger partial charge in [-0.2, -0.15) is 0 Å². The molecule has 3 heteroatoms. The fourth-order valence-electron chi connectivity index (χ4n) is 1.76. The van der Waals surface area contributed by atoms with Crippen molar-refractivity contribution in [1.29, 1.82) is 0 Å². The zero-order chi connectivity index (χ0) is 11.9. The quantitative estimate of drug-likeness (QED) is 0.733. The SMILES string of the molecule is COC1C=CC[C@@H](COCc2ccccc2)O1. The molecule has 0 saturated carbocycles. The fraction of sp³-hybridized carbons (Fsp3) is 0.429. The van der Waals surface area contributed by atoms with Gasteiger partial charge in [0, 0.05) is 7.11 Å². The maximum Gasteiger partial charge on any atom is 0.176 e. The van der Waals surface area contributed by atoms with Gasteiger partial charge < -0.3 is 14.2 Å². The summed E-state index contributed by atoms with van der Waals surface area (Å²) in [4.78, 5) is 0. The van der Waals surface area contributed by atoms with Crippen LogP contribution in [0.25, 0.3) is 0 Å². The summed E-state index contributed by atoms with van der Waals surface area (Å²) >= 11 is 0. The van der Waals surface area contributed by atoms with Crippen LogP contribution in [-0.2, 0) is 20.8 Å². The highest BCUT2D eigenvalue weighted by atomic mass is 16.7. The molecule has 3 nitrogen and oxygen atoms in total. The molecule has 2 rings (SSSR count). The molecule has 1 aliphatic heterocycles. The third-order valence-corrected chi connectivity index (χ3v) is 2.67. The summed E-state index contributed by atoms with van der Waals surface area (Å²) in [5, 5.41) is 0. The Labute approximate surface area is 102 Å². The van der Waals surface area contributed by atoms with E-state index in [1.807, 2.05) is 24.3 Å². The summed E-state index contributed by atoms with van der Waals surface area (Å²) in [6.45, 7) is 1.22. The zero-order valence-corrected chi connectivity index (χ0v) is 10.0. The molecule has 0 aliphatic carbocycles. The Balaban J connectivity index is 1.71. The van der Waals surface area contributed by atoms with Crippen LogP contribution in [0, 0.1) is 0 Å². The van der Waals surface area contributed by atoms with Crippen molar-refractivity contribution in [3.05, 3.63) is 48.0 Å². The number of methoxy groups -OCH3 is 1.